The van der Waals surface area contributed by atoms with Crippen LogP contribution in [-0.4, -0.2) is 33.9 Å². The Morgan fingerprint density at radius 1 is 1.35 bits per heavy atom. The van der Waals surface area contributed by atoms with Crippen LogP contribution in [0.1, 0.15) is 47.1 Å². The number of rotatable bonds is 3. The molecule has 1 aliphatic carbocycles. The van der Waals surface area contributed by atoms with E-state index in [1.165, 1.54) is 17.8 Å². The Kier molecular flexibility index (Phi) is 2.88. The van der Waals surface area contributed by atoms with Gasteiger partial charge in [0.2, 0.25) is 0 Å². The quantitative estimate of drug-likeness (QED) is 0.942. The van der Waals surface area contributed by atoms with Crippen molar-refractivity contribution in [2.45, 2.75) is 31.6 Å². The molecule has 5 heteroatoms. The van der Waals surface area contributed by atoms with E-state index in [0.29, 0.717) is 11.6 Å². The molecule has 0 radical (unpaired) electrons. The Morgan fingerprint density at radius 3 is 2.90 bits per heavy atom. The van der Waals surface area contributed by atoms with Gasteiger partial charge < -0.3 is 9.88 Å². The Hall–Kier alpha value is -1.62. The third-order valence-corrected chi connectivity index (χ3v) is 5.06. The molecule has 2 aromatic rings. The van der Waals surface area contributed by atoms with Crippen LogP contribution in [0, 0.1) is 0 Å². The minimum absolute atomic E-state index is 0.117. The number of hydrogen-bond acceptors (Lipinski definition) is 3. The molecule has 2 fully saturated rings. The highest BCUT2D eigenvalue weighted by Crippen LogP contribution is 2.42. The summed E-state index contributed by atoms with van der Waals surface area (Å²) in [4.78, 5) is 22.0. The van der Waals surface area contributed by atoms with Crippen LogP contribution in [0.4, 0.5) is 0 Å². The highest BCUT2D eigenvalue weighted by molar-refractivity contribution is 7.10. The fourth-order valence-corrected chi connectivity index (χ4v) is 3.69. The van der Waals surface area contributed by atoms with Crippen LogP contribution in [-0.2, 0) is 0 Å². The van der Waals surface area contributed by atoms with E-state index in [4.69, 9.17) is 0 Å². The van der Waals surface area contributed by atoms with Gasteiger partial charge in [0.25, 0.3) is 5.91 Å². The fraction of sp³-hybridized carbons (Fsp3) is 0.467. The maximum atomic E-state index is 12.3. The largest absolute Gasteiger partial charge is 0.357 e. The lowest BCUT2D eigenvalue weighted by Crippen LogP contribution is -2.27. The Morgan fingerprint density at radius 2 is 2.15 bits per heavy atom. The molecule has 2 aliphatic rings. The molecule has 2 aromatic heterocycles. The summed E-state index contributed by atoms with van der Waals surface area (Å²) < 4.78 is 0. The molecule has 1 saturated carbocycles. The van der Waals surface area contributed by atoms with Crippen LogP contribution >= 0.6 is 11.3 Å². The molecule has 1 amide bonds. The van der Waals surface area contributed by atoms with Gasteiger partial charge in [0.05, 0.1) is 10.7 Å². The number of nitrogens with one attached hydrogen (secondary N) is 1. The molecule has 0 spiro atoms. The van der Waals surface area contributed by atoms with E-state index < -0.39 is 0 Å². The van der Waals surface area contributed by atoms with Crippen LogP contribution < -0.4 is 0 Å². The second kappa shape index (κ2) is 4.74. The molecular formula is C15H17N3OS. The fourth-order valence-electron chi connectivity index (χ4n) is 2.69. The van der Waals surface area contributed by atoms with Gasteiger partial charge in [-0.25, -0.2) is 4.98 Å². The van der Waals surface area contributed by atoms with E-state index >= 15 is 0 Å². The molecule has 0 aromatic carbocycles. The van der Waals surface area contributed by atoms with E-state index in [2.05, 4.69) is 15.3 Å². The summed E-state index contributed by atoms with van der Waals surface area (Å²) in [5.41, 5.74) is 2.70. The third kappa shape index (κ3) is 2.16. The van der Waals surface area contributed by atoms with Crippen molar-refractivity contribution in [3.63, 3.8) is 0 Å². The normalized spacial score (nSPS) is 18.7. The van der Waals surface area contributed by atoms with E-state index in [1.54, 1.807) is 11.3 Å². The van der Waals surface area contributed by atoms with E-state index in [0.717, 1.165) is 37.2 Å². The number of amides is 1. The molecule has 3 heterocycles. The second-order valence-corrected chi connectivity index (χ2v) is 6.54. The predicted octanol–water partition coefficient (Wildman–Crippen LogP) is 3.25. The van der Waals surface area contributed by atoms with Crippen LogP contribution in [0.3, 0.4) is 0 Å². The highest BCUT2D eigenvalue weighted by atomic mass is 32.1. The van der Waals surface area contributed by atoms with E-state index in [9.17, 15) is 4.79 Å². The van der Waals surface area contributed by atoms with Gasteiger partial charge in [-0.1, -0.05) is 0 Å². The molecule has 1 aliphatic heterocycles. The highest BCUT2D eigenvalue weighted by Gasteiger charge is 2.27. The Balaban J connectivity index is 1.55. The Bertz CT molecular complexity index is 635. The average Bonchev–Trinajstić information content (AvgIpc) is 2.98. The van der Waals surface area contributed by atoms with Gasteiger partial charge in [0.15, 0.2) is 0 Å². The predicted molar refractivity (Wildman–Crippen MR) is 79.0 cm³/mol. The van der Waals surface area contributed by atoms with Gasteiger partial charge in [0, 0.05) is 36.1 Å². The minimum Gasteiger partial charge on any atom is -0.357 e. The number of aromatic nitrogens is 2. The molecule has 0 unspecified atom stereocenters. The van der Waals surface area contributed by atoms with Gasteiger partial charge in [-0.15, -0.1) is 11.3 Å². The number of aromatic amines is 1. The van der Waals surface area contributed by atoms with Crippen molar-refractivity contribution < 1.29 is 4.79 Å². The van der Waals surface area contributed by atoms with Gasteiger partial charge in [-0.3, -0.25) is 4.79 Å². The smallest absolute Gasteiger partial charge is 0.270 e. The number of nitrogens with zero attached hydrogens (tertiary/aromatic N) is 2. The van der Waals surface area contributed by atoms with Gasteiger partial charge in [-0.05, 0) is 31.7 Å². The number of carbonyl (C=O) groups is 1. The first-order chi connectivity index (χ1) is 9.81. The molecule has 1 saturated heterocycles. The first-order valence-corrected chi connectivity index (χ1v) is 8.13. The zero-order chi connectivity index (χ0) is 13.5. The summed E-state index contributed by atoms with van der Waals surface area (Å²) in [5.74, 6) is 0.810. The SMILES string of the molecule is O=C(c1cc(-c2csc(C3CC3)n2)c[nH]1)N1CCCC1. The Labute approximate surface area is 121 Å². The van der Waals surface area contributed by atoms with E-state index in [-0.39, 0.29) is 5.91 Å². The molecular weight excluding hydrogens is 270 g/mol. The van der Waals surface area contributed by atoms with Crippen molar-refractivity contribution in [1.29, 1.82) is 0 Å². The third-order valence-electron chi connectivity index (χ3n) is 4.05. The summed E-state index contributed by atoms with van der Waals surface area (Å²) in [5, 5.41) is 3.34. The van der Waals surface area contributed by atoms with Crippen molar-refractivity contribution in [2.24, 2.45) is 0 Å². The summed E-state index contributed by atoms with van der Waals surface area (Å²) in [6.45, 7) is 1.77. The maximum Gasteiger partial charge on any atom is 0.270 e. The number of likely N-dealkylation sites (tertiary alicyclic amines) is 1. The van der Waals surface area contributed by atoms with Crippen molar-refractivity contribution in [3.05, 3.63) is 28.3 Å². The van der Waals surface area contributed by atoms with Crippen LogP contribution in [0.25, 0.3) is 11.3 Å². The van der Waals surface area contributed by atoms with Crippen LogP contribution in [0.15, 0.2) is 17.6 Å². The summed E-state index contributed by atoms with van der Waals surface area (Å²) in [6.07, 6.45) is 6.69. The van der Waals surface area contributed by atoms with Gasteiger partial charge in [-0.2, -0.15) is 0 Å². The summed E-state index contributed by atoms with van der Waals surface area (Å²) in [6, 6.07) is 1.94. The average molecular weight is 287 g/mol. The van der Waals surface area contributed by atoms with Crippen molar-refractivity contribution in [3.8, 4) is 11.3 Å². The minimum atomic E-state index is 0.117. The molecule has 0 bridgehead atoms. The van der Waals surface area contributed by atoms with Gasteiger partial charge in [0.1, 0.15) is 5.69 Å². The number of H-pyrrole nitrogens is 1. The van der Waals surface area contributed by atoms with Crippen molar-refractivity contribution in [1.82, 2.24) is 14.9 Å². The lowest BCUT2D eigenvalue weighted by Gasteiger charge is -2.13. The first kappa shape index (κ1) is 12.1. The zero-order valence-corrected chi connectivity index (χ0v) is 12.1. The zero-order valence-electron chi connectivity index (χ0n) is 11.3. The van der Waals surface area contributed by atoms with Crippen LogP contribution in [0.5, 0.6) is 0 Å². The van der Waals surface area contributed by atoms with E-state index in [1.807, 2.05) is 17.2 Å². The lowest BCUT2D eigenvalue weighted by atomic mass is 10.2. The number of hydrogen-bond donors (Lipinski definition) is 1. The molecule has 104 valence electrons. The molecule has 4 rings (SSSR count). The standard InChI is InChI=1S/C15H17N3OS/c19-15(18-5-1-2-6-18)12-7-11(8-16-12)13-9-20-14(17-13)10-3-4-10/h7-10,16H,1-6H2. The van der Waals surface area contributed by atoms with Crippen molar-refractivity contribution >= 4 is 17.2 Å². The van der Waals surface area contributed by atoms with Gasteiger partial charge >= 0.3 is 0 Å². The van der Waals surface area contributed by atoms with Crippen LogP contribution in [0.2, 0.25) is 0 Å². The molecule has 20 heavy (non-hydrogen) atoms. The second-order valence-electron chi connectivity index (χ2n) is 5.65. The monoisotopic (exact) mass is 287 g/mol. The molecule has 1 N–H and O–H groups in total. The lowest BCUT2D eigenvalue weighted by molar-refractivity contribution is 0.0788. The topological polar surface area (TPSA) is 49.0 Å². The van der Waals surface area contributed by atoms with Crippen molar-refractivity contribution in [2.75, 3.05) is 13.1 Å². The summed E-state index contributed by atoms with van der Waals surface area (Å²) in [7, 11) is 0. The number of carbonyl (C=O) groups excluding carboxylic acids is 1. The molecule has 4 nitrogen and oxygen atoms in total. The molecule has 0 atom stereocenters. The first-order valence-electron chi connectivity index (χ1n) is 7.25. The summed E-state index contributed by atoms with van der Waals surface area (Å²) >= 11 is 1.74. The maximum absolute atomic E-state index is 12.3. The number of thiazole rings is 1.